The lowest BCUT2D eigenvalue weighted by molar-refractivity contribution is -0.128. The van der Waals surface area contributed by atoms with Crippen molar-refractivity contribution in [1.82, 2.24) is 9.80 Å². The molecule has 0 aliphatic carbocycles. The normalized spacial score (nSPS) is 21.2. The molecule has 2 aliphatic heterocycles. The molecule has 2 N–H and O–H groups in total. The number of anilines is 1. The predicted octanol–water partition coefficient (Wildman–Crippen LogP) is 0.948. The van der Waals surface area contributed by atoms with E-state index in [0.29, 0.717) is 19.6 Å². The first kappa shape index (κ1) is 17.5. The molecule has 3 rings (SSSR count). The van der Waals surface area contributed by atoms with Gasteiger partial charge < -0.3 is 15.5 Å². The van der Waals surface area contributed by atoms with Crippen LogP contribution in [0.5, 0.6) is 0 Å². The third-order valence-corrected chi connectivity index (χ3v) is 4.98. The van der Waals surface area contributed by atoms with E-state index in [1.165, 1.54) is 5.56 Å². The highest BCUT2D eigenvalue weighted by atomic mass is 16.2. The van der Waals surface area contributed by atoms with E-state index >= 15 is 0 Å². The number of benzene rings is 1. The molecule has 6 nitrogen and oxygen atoms in total. The standard InChI is InChI=1S/C19H25N5O/c1-15-12-16-4-2-3-5-18(16)24(15)14-17(13-21)19(25)23-10-8-22(7-6-20)9-11-23/h2-5,14-15H,6-12,20H2,1H3/b17-14-. The number of amides is 1. The topological polar surface area (TPSA) is 76.6 Å². The number of rotatable bonds is 4. The highest BCUT2D eigenvalue weighted by Crippen LogP contribution is 2.32. The molecule has 2 heterocycles. The van der Waals surface area contributed by atoms with Crippen LogP contribution in [0.25, 0.3) is 0 Å². The summed E-state index contributed by atoms with van der Waals surface area (Å²) >= 11 is 0. The summed E-state index contributed by atoms with van der Waals surface area (Å²) in [4.78, 5) is 18.8. The van der Waals surface area contributed by atoms with Gasteiger partial charge in [0.25, 0.3) is 5.91 Å². The first-order valence-electron chi connectivity index (χ1n) is 8.84. The molecule has 1 atom stereocenters. The van der Waals surface area contributed by atoms with E-state index in [-0.39, 0.29) is 17.5 Å². The Kier molecular flexibility index (Phi) is 5.37. The molecular weight excluding hydrogens is 314 g/mol. The number of carbonyl (C=O) groups excluding carboxylic acids is 1. The largest absolute Gasteiger partial charge is 0.343 e. The third kappa shape index (κ3) is 3.68. The van der Waals surface area contributed by atoms with Crippen molar-refractivity contribution in [2.24, 2.45) is 5.73 Å². The van der Waals surface area contributed by atoms with E-state index < -0.39 is 0 Å². The van der Waals surface area contributed by atoms with Crippen LogP contribution >= 0.6 is 0 Å². The van der Waals surface area contributed by atoms with Gasteiger partial charge in [-0.05, 0) is 25.0 Å². The van der Waals surface area contributed by atoms with Crippen LogP contribution in [0.4, 0.5) is 5.69 Å². The van der Waals surface area contributed by atoms with E-state index in [1.54, 1.807) is 11.1 Å². The molecule has 1 fully saturated rings. The molecule has 6 heteroatoms. The Bertz CT molecular complexity index is 700. The maximum Gasteiger partial charge on any atom is 0.266 e. The van der Waals surface area contributed by atoms with Crippen molar-refractivity contribution < 1.29 is 4.79 Å². The molecule has 0 saturated carbocycles. The lowest BCUT2D eigenvalue weighted by Gasteiger charge is -2.34. The van der Waals surface area contributed by atoms with Crippen LogP contribution in [-0.2, 0) is 11.2 Å². The van der Waals surface area contributed by atoms with Crippen LogP contribution in [0.3, 0.4) is 0 Å². The Morgan fingerprint density at radius 2 is 2.04 bits per heavy atom. The number of nitrogens with zero attached hydrogens (tertiary/aromatic N) is 4. The maximum absolute atomic E-state index is 12.8. The molecule has 1 saturated heterocycles. The molecule has 1 aromatic rings. The summed E-state index contributed by atoms with van der Waals surface area (Å²) in [5.41, 5.74) is 8.13. The van der Waals surface area contributed by atoms with Gasteiger partial charge in [0.1, 0.15) is 11.6 Å². The van der Waals surface area contributed by atoms with E-state index in [1.807, 2.05) is 18.2 Å². The fraction of sp³-hybridized carbons (Fsp3) is 0.474. The van der Waals surface area contributed by atoms with Gasteiger partial charge in [-0.3, -0.25) is 9.69 Å². The zero-order chi connectivity index (χ0) is 17.8. The van der Waals surface area contributed by atoms with Crippen molar-refractivity contribution >= 4 is 11.6 Å². The zero-order valence-corrected chi connectivity index (χ0v) is 14.7. The Morgan fingerprint density at radius 3 is 2.72 bits per heavy atom. The first-order valence-corrected chi connectivity index (χ1v) is 8.84. The summed E-state index contributed by atoms with van der Waals surface area (Å²) in [6, 6.07) is 10.5. The minimum Gasteiger partial charge on any atom is -0.343 e. The number of para-hydroxylation sites is 1. The Labute approximate surface area is 149 Å². The molecule has 25 heavy (non-hydrogen) atoms. The van der Waals surface area contributed by atoms with Gasteiger partial charge in [-0.15, -0.1) is 0 Å². The van der Waals surface area contributed by atoms with Gasteiger partial charge in [0.2, 0.25) is 0 Å². The van der Waals surface area contributed by atoms with Crippen LogP contribution in [-0.4, -0.2) is 61.0 Å². The Hall–Kier alpha value is -2.36. The number of fused-ring (bicyclic) bond motifs is 1. The van der Waals surface area contributed by atoms with Gasteiger partial charge in [0, 0.05) is 57.2 Å². The fourth-order valence-electron chi connectivity index (χ4n) is 3.58. The van der Waals surface area contributed by atoms with Gasteiger partial charge in [0.05, 0.1) is 0 Å². The lowest BCUT2D eigenvalue weighted by atomic mass is 10.1. The fourth-order valence-corrected chi connectivity index (χ4v) is 3.58. The van der Waals surface area contributed by atoms with E-state index in [0.717, 1.165) is 31.7 Å². The molecule has 0 aromatic heterocycles. The summed E-state index contributed by atoms with van der Waals surface area (Å²) in [5.74, 6) is -0.175. The molecular formula is C19H25N5O. The average Bonchev–Trinajstić information content (AvgIpc) is 2.95. The van der Waals surface area contributed by atoms with Crippen LogP contribution in [0, 0.1) is 11.3 Å². The van der Waals surface area contributed by atoms with Gasteiger partial charge in [-0.2, -0.15) is 5.26 Å². The smallest absolute Gasteiger partial charge is 0.266 e. The van der Waals surface area contributed by atoms with Gasteiger partial charge in [-0.1, -0.05) is 18.2 Å². The molecule has 0 bridgehead atoms. The van der Waals surface area contributed by atoms with Gasteiger partial charge >= 0.3 is 0 Å². The Balaban J connectivity index is 1.73. The van der Waals surface area contributed by atoms with E-state index in [4.69, 9.17) is 5.73 Å². The van der Waals surface area contributed by atoms with Crippen LogP contribution in [0.2, 0.25) is 0 Å². The highest BCUT2D eigenvalue weighted by molar-refractivity contribution is 5.97. The van der Waals surface area contributed by atoms with Crippen molar-refractivity contribution in [3.63, 3.8) is 0 Å². The molecule has 1 amide bonds. The number of piperazine rings is 1. The number of carbonyl (C=O) groups is 1. The summed E-state index contributed by atoms with van der Waals surface area (Å²) in [7, 11) is 0. The predicted molar refractivity (Wildman–Crippen MR) is 97.9 cm³/mol. The van der Waals surface area contributed by atoms with Gasteiger partial charge in [0.15, 0.2) is 0 Å². The minimum absolute atomic E-state index is 0.175. The monoisotopic (exact) mass is 339 g/mol. The second-order valence-corrected chi connectivity index (χ2v) is 6.67. The number of nitriles is 1. The van der Waals surface area contributed by atoms with Crippen LogP contribution in [0.1, 0.15) is 12.5 Å². The molecule has 0 radical (unpaired) electrons. The molecule has 0 spiro atoms. The summed E-state index contributed by atoms with van der Waals surface area (Å²) < 4.78 is 0. The highest BCUT2D eigenvalue weighted by Gasteiger charge is 2.28. The van der Waals surface area contributed by atoms with Crippen LogP contribution < -0.4 is 10.6 Å². The number of hydrogen-bond acceptors (Lipinski definition) is 5. The van der Waals surface area contributed by atoms with Crippen molar-refractivity contribution in [1.29, 1.82) is 5.26 Å². The second-order valence-electron chi connectivity index (χ2n) is 6.67. The van der Waals surface area contributed by atoms with Crippen molar-refractivity contribution in [3.8, 4) is 6.07 Å². The summed E-state index contributed by atoms with van der Waals surface area (Å²) in [6.07, 6.45) is 2.66. The number of nitrogens with two attached hydrogens (primary N) is 1. The molecule has 1 unspecified atom stereocenters. The average molecular weight is 339 g/mol. The van der Waals surface area contributed by atoms with Crippen molar-refractivity contribution in [3.05, 3.63) is 41.6 Å². The Morgan fingerprint density at radius 1 is 1.32 bits per heavy atom. The molecule has 2 aliphatic rings. The van der Waals surface area contributed by atoms with E-state index in [2.05, 4.69) is 28.9 Å². The first-order chi connectivity index (χ1) is 12.1. The molecule has 132 valence electrons. The van der Waals surface area contributed by atoms with Crippen molar-refractivity contribution in [2.75, 3.05) is 44.2 Å². The lowest BCUT2D eigenvalue weighted by Crippen LogP contribution is -2.50. The SMILES string of the molecule is CC1Cc2ccccc2N1/C=C(/C#N)C(=O)N1CCN(CCN)CC1. The summed E-state index contributed by atoms with van der Waals surface area (Å²) in [6.45, 7) is 6.50. The quantitative estimate of drug-likeness (QED) is 0.653. The summed E-state index contributed by atoms with van der Waals surface area (Å²) in [5, 5.41) is 9.54. The van der Waals surface area contributed by atoms with Crippen molar-refractivity contribution in [2.45, 2.75) is 19.4 Å². The third-order valence-electron chi connectivity index (χ3n) is 4.98. The van der Waals surface area contributed by atoms with Gasteiger partial charge in [-0.25, -0.2) is 0 Å². The maximum atomic E-state index is 12.8. The van der Waals surface area contributed by atoms with E-state index in [9.17, 15) is 10.1 Å². The number of hydrogen-bond donors (Lipinski definition) is 1. The minimum atomic E-state index is -0.175. The molecule has 1 aromatic carbocycles. The zero-order valence-electron chi connectivity index (χ0n) is 14.7. The van der Waals surface area contributed by atoms with Crippen LogP contribution in [0.15, 0.2) is 36.0 Å². The second kappa shape index (κ2) is 7.68.